The molecule has 2 rings (SSSR count). The lowest BCUT2D eigenvalue weighted by molar-refractivity contribution is 0.104. The molecule has 0 radical (unpaired) electrons. The van der Waals surface area contributed by atoms with Gasteiger partial charge in [-0.15, -0.1) is 0 Å². The number of ether oxygens (including phenoxy) is 2. The average Bonchev–Trinajstić information content (AvgIpc) is 2.28. The SMILES string of the molecule is COCCCN1CC(C)(C)Oc2ccccc21. The summed E-state index contributed by atoms with van der Waals surface area (Å²) in [5.41, 5.74) is 1.07. The first-order valence-corrected chi connectivity index (χ1v) is 6.14. The fourth-order valence-electron chi connectivity index (χ4n) is 2.28. The monoisotopic (exact) mass is 235 g/mol. The fourth-order valence-corrected chi connectivity index (χ4v) is 2.28. The van der Waals surface area contributed by atoms with Crippen LogP contribution in [0.15, 0.2) is 24.3 Å². The maximum absolute atomic E-state index is 5.98. The summed E-state index contributed by atoms with van der Waals surface area (Å²) in [5, 5.41) is 0. The molecule has 0 bridgehead atoms. The van der Waals surface area contributed by atoms with E-state index < -0.39 is 0 Å². The van der Waals surface area contributed by atoms with E-state index in [-0.39, 0.29) is 5.60 Å². The summed E-state index contributed by atoms with van der Waals surface area (Å²) in [6.45, 7) is 7.00. The summed E-state index contributed by atoms with van der Waals surface area (Å²) in [5.74, 6) is 0.987. The van der Waals surface area contributed by atoms with Crippen LogP contribution in [0.2, 0.25) is 0 Å². The highest BCUT2D eigenvalue weighted by molar-refractivity contribution is 5.60. The van der Waals surface area contributed by atoms with Gasteiger partial charge in [0.1, 0.15) is 11.4 Å². The molecule has 0 N–H and O–H groups in total. The largest absolute Gasteiger partial charge is 0.484 e. The van der Waals surface area contributed by atoms with Crippen LogP contribution in [0.3, 0.4) is 0 Å². The molecule has 0 atom stereocenters. The molecule has 1 aliphatic rings. The van der Waals surface area contributed by atoms with E-state index in [1.54, 1.807) is 7.11 Å². The Labute approximate surface area is 103 Å². The lowest BCUT2D eigenvalue weighted by atomic mass is 10.0. The van der Waals surface area contributed by atoms with Crippen molar-refractivity contribution in [3.63, 3.8) is 0 Å². The summed E-state index contributed by atoms with van der Waals surface area (Å²) in [6, 6.07) is 8.24. The number of hydrogen-bond donors (Lipinski definition) is 0. The molecule has 0 fully saturated rings. The molecule has 1 aliphatic heterocycles. The first kappa shape index (κ1) is 12.2. The van der Waals surface area contributed by atoms with Crippen LogP contribution in [0, 0.1) is 0 Å². The molecule has 0 aromatic heterocycles. The number of anilines is 1. The van der Waals surface area contributed by atoms with Crippen LogP contribution >= 0.6 is 0 Å². The van der Waals surface area contributed by atoms with E-state index in [2.05, 4.69) is 30.9 Å². The highest BCUT2D eigenvalue weighted by atomic mass is 16.5. The van der Waals surface area contributed by atoms with Crippen molar-refractivity contribution in [3.05, 3.63) is 24.3 Å². The molecule has 0 spiro atoms. The van der Waals surface area contributed by atoms with Gasteiger partial charge in [-0.3, -0.25) is 0 Å². The van der Waals surface area contributed by atoms with Crippen molar-refractivity contribution in [1.29, 1.82) is 0 Å². The molecule has 3 heteroatoms. The second-order valence-corrected chi connectivity index (χ2v) is 5.10. The summed E-state index contributed by atoms with van der Waals surface area (Å²) < 4.78 is 11.1. The zero-order valence-electron chi connectivity index (χ0n) is 10.9. The van der Waals surface area contributed by atoms with Crippen LogP contribution in [-0.4, -0.2) is 32.4 Å². The molecule has 0 saturated carbocycles. The molecule has 0 unspecified atom stereocenters. The van der Waals surface area contributed by atoms with Crippen LogP contribution in [0.1, 0.15) is 20.3 Å². The smallest absolute Gasteiger partial charge is 0.143 e. The molecule has 0 aliphatic carbocycles. The molecular formula is C14H21NO2. The normalized spacial score (nSPS) is 17.5. The van der Waals surface area contributed by atoms with E-state index in [1.165, 1.54) is 5.69 Å². The predicted molar refractivity (Wildman–Crippen MR) is 69.9 cm³/mol. The number of para-hydroxylation sites is 2. The molecular weight excluding hydrogens is 214 g/mol. The van der Waals surface area contributed by atoms with Crippen molar-refractivity contribution < 1.29 is 9.47 Å². The first-order chi connectivity index (χ1) is 8.12. The van der Waals surface area contributed by atoms with E-state index in [0.29, 0.717) is 0 Å². The summed E-state index contributed by atoms with van der Waals surface area (Å²) in [7, 11) is 1.75. The standard InChI is InChI=1S/C14H21NO2/c1-14(2)11-15(9-6-10-16-3)12-7-4-5-8-13(12)17-14/h4-5,7-8H,6,9-11H2,1-3H3. The molecule has 1 aromatic carbocycles. The van der Waals surface area contributed by atoms with Crippen molar-refractivity contribution in [3.8, 4) is 5.75 Å². The summed E-state index contributed by atoms with van der Waals surface area (Å²) >= 11 is 0. The zero-order valence-corrected chi connectivity index (χ0v) is 10.9. The van der Waals surface area contributed by atoms with Gasteiger partial charge in [-0.1, -0.05) is 12.1 Å². The van der Waals surface area contributed by atoms with Gasteiger partial charge in [-0.05, 0) is 32.4 Å². The fraction of sp³-hybridized carbons (Fsp3) is 0.571. The number of benzene rings is 1. The second kappa shape index (κ2) is 4.96. The minimum atomic E-state index is -0.124. The third-order valence-corrected chi connectivity index (χ3v) is 2.94. The van der Waals surface area contributed by atoms with Gasteiger partial charge in [0, 0.05) is 20.3 Å². The van der Waals surface area contributed by atoms with Crippen molar-refractivity contribution in [2.45, 2.75) is 25.9 Å². The molecule has 94 valence electrons. The first-order valence-electron chi connectivity index (χ1n) is 6.14. The second-order valence-electron chi connectivity index (χ2n) is 5.10. The topological polar surface area (TPSA) is 21.7 Å². The van der Waals surface area contributed by atoms with Gasteiger partial charge in [-0.25, -0.2) is 0 Å². The number of rotatable bonds is 4. The lowest BCUT2D eigenvalue weighted by Gasteiger charge is -2.41. The van der Waals surface area contributed by atoms with Crippen LogP contribution in [0.25, 0.3) is 0 Å². The zero-order chi connectivity index (χ0) is 12.3. The molecule has 3 nitrogen and oxygen atoms in total. The van der Waals surface area contributed by atoms with Crippen LogP contribution in [-0.2, 0) is 4.74 Å². The van der Waals surface area contributed by atoms with Gasteiger partial charge in [0.2, 0.25) is 0 Å². The van der Waals surface area contributed by atoms with Crippen LogP contribution in [0.5, 0.6) is 5.75 Å². The van der Waals surface area contributed by atoms with Crippen molar-refractivity contribution >= 4 is 5.69 Å². The molecule has 17 heavy (non-hydrogen) atoms. The highest BCUT2D eigenvalue weighted by Crippen LogP contribution is 2.36. The molecule has 0 saturated heterocycles. The van der Waals surface area contributed by atoms with Gasteiger partial charge in [0.25, 0.3) is 0 Å². The van der Waals surface area contributed by atoms with Crippen LogP contribution in [0.4, 0.5) is 5.69 Å². The summed E-state index contributed by atoms with van der Waals surface area (Å²) in [6.07, 6.45) is 1.04. The molecule has 1 heterocycles. The Balaban J connectivity index is 2.15. The maximum atomic E-state index is 5.98. The minimum absolute atomic E-state index is 0.124. The number of hydrogen-bond acceptors (Lipinski definition) is 3. The third-order valence-electron chi connectivity index (χ3n) is 2.94. The Bertz CT molecular complexity index is 376. The van der Waals surface area contributed by atoms with E-state index in [0.717, 1.165) is 31.9 Å². The van der Waals surface area contributed by atoms with Crippen LogP contribution < -0.4 is 9.64 Å². The predicted octanol–water partition coefficient (Wildman–Crippen LogP) is 2.70. The average molecular weight is 235 g/mol. The Morgan fingerprint density at radius 2 is 2.12 bits per heavy atom. The lowest BCUT2D eigenvalue weighted by Crippen LogP contribution is -2.47. The van der Waals surface area contributed by atoms with Gasteiger partial charge in [0.15, 0.2) is 0 Å². The maximum Gasteiger partial charge on any atom is 0.143 e. The van der Waals surface area contributed by atoms with Gasteiger partial charge >= 0.3 is 0 Å². The van der Waals surface area contributed by atoms with Gasteiger partial charge in [0.05, 0.1) is 12.2 Å². The minimum Gasteiger partial charge on any atom is -0.484 e. The van der Waals surface area contributed by atoms with E-state index in [4.69, 9.17) is 9.47 Å². The number of fused-ring (bicyclic) bond motifs is 1. The highest BCUT2D eigenvalue weighted by Gasteiger charge is 2.30. The molecule has 1 aromatic rings. The van der Waals surface area contributed by atoms with Crippen molar-refractivity contribution in [1.82, 2.24) is 0 Å². The Kier molecular flexibility index (Phi) is 3.57. The van der Waals surface area contributed by atoms with Crippen molar-refractivity contribution in [2.24, 2.45) is 0 Å². The van der Waals surface area contributed by atoms with E-state index in [9.17, 15) is 0 Å². The number of methoxy groups -OCH3 is 1. The quantitative estimate of drug-likeness (QED) is 0.749. The third kappa shape index (κ3) is 2.91. The van der Waals surface area contributed by atoms with E-state index in [1.807, 2.05) is 12.1 Å². The van der Waals surface area contributed by atoms with Gasteiger partial charge in [-0.2, -0.15) is 0 Å². The number of nitrogens with zero attached hydrogens (tertiary/aromatic N) is 1. The Hall–Kier alpha value is -1.22. The van der Waals surface area contributed by atoms with Crippen molar-refractivity contribution in [2.75, 3.05) is 31.7 Å². The van der Waals surface area contributed by atoms with E-state index >= 15 is 0 Å². The van der Waals surface area contributed by atoms with Gasteiger partial charge < -0.3 is 14.4 Å². The molecule has 0 amide bonds. The Morgan fingerprint density at radius 3 is 2.88 bits per heavy atom. The Morgan fingerprint density at radius 1 is 1.35 bits per heavy atom. The summed E-state index contributed by atoms with van der Waals surface area (Å²) in [4.78, 5) is 2.39.